The third-order valence-corrected chi connectivity index (χ3v) is 7.83. The Bertz CT molecular complexity index is 1020. The Morgan fingerprint density at radius 3 is 2.35 bits per heavy atom. The van der Waals surface area contributed by atoms with Gasteiger partial charge in [0.25, 0.3) is 5.91 Å². The van der Waals surface area contributed by atoms with Crippen LogP contribution in [0.15, 0.2) is 18.2 Å². The molecule has 1 amide bonds. The maximum atomic E-state index is 13.0. The number of benzene rings is 1. The van der Waals surface area contributed by atoms with Gasteiger partial charge in [0.05, 0.1) is 17.1 Å². The van der Waals surface area contributed by atoms with Gasteiger partial charge in [-0.3, -0.25) is 9.59 Å². The minimum absolute atomic E-state index is 0.0210. The molecule has 0 unspecified atom stereocenters. The molecule has 1 aromatic carbocycles. The van der Waals surface area contributed by atoms with E-state index in [9.17, 15) is 19.2 Å². The molecule has 0 spiro atoms. The van der Waals surface area contributed by atoms with E-state index >= 15 is 0 Å². The number of ether oxygens (including phenoxy) is 1. The largest absolute Gasteiger partial charge is 0.600 e. The molecule has 0 radical (unpaired) electrons. The van der Waals surface area contributed by atoms with Crippen molar-refractivity contribution in [3.8, 4) is 0 Å². The molecule has 34 heavy (non-hydrogen) atoms. The highest BCUT2D eigenvalue weighted by molar-refractivity contribution is 6.68. The van der Waals surface area contributed by atoms with Crippen LogP contribution in [0.4, 0.5) is 0 Å². The first-order chi connectivity index (χ1) is 16.0. The molecule has 1 aromatic rings. The molecule has 3 fully saturated rings. The molecule has 4 rings (SSSR count). The van der Waals surface area contributed by atoms with E-state index in [1.807, 2.05) is 13.8 Å². The maximum absolute atomic E-state index is 13.0. The first-order valence-electron chi connectivity index (χ1n) is 11.3. The molecule has 3 saturated heterocycles. The van der Waals surface area contributed by atoms with E-state index in [2.05, 4.69) is 5.32 Å². The van der Waals surface area contributed by atoms with Crippen molar-refractivity contribution in [3.05, 3.63) is 33.8 Å². The van der Waals surface area contributed by atoms with Crippen LogP contribution in [0, 0.1) is 5.92 Å². The topological polar surface area (TPSA) is 108 Å². The van der Waals surface area contributed by atoms with Crippen LogP contribution < -0.4 is 5.32 Å². The summed E-state index contributed by atoms with van der Waals surface area (Å²) in [5.74, 6) is -2.18. The second-order valence-electron chi connectivity index (χ2n) is 9.83. The van der Waals surface area contributed by atoms with E-state index in [4.69, 9.17) is 37.2 Å². The second kappa shape index (κ2) is 9.15. The minimum atomic E-state index is -2.48. The van der Waals surface area contributed by atoms with Crippen LogP contribution in [0.5, 0.6) is 0 Å². The molecular formula is C22H27BCl2N2O7. The van der Waals surface area contributed by atoms with E-state index < -0.39 is 42.4 Å². The first kappa shape index (κ1) is 25.0. The number of amides is 1. The number of hydrogen-bond acceptors (Lipinski definition) is 7. The molecule has 0 aromatic heterocycles. The fraction of sp³-hybridized carbons (Fsp3) is 0.545. The average Bonchev–Trinajstić information content (AvgIpc) is 3.13. The summed E-state index contributed by atoms with van der Waals surface area (Å²) in [4.78, 5) is 51.1. The molecule has 0 aliphatic carbocycles. The van der Waals surface area contributed by atoms with Crippen LogP contribution in [-0.4, -0.2) is 73.6 Å². The van der Waals surface area contributed by atoms with Gasteiger partial charge in [-0.2, -0.15) is 0 Å². The number of nitrogens with one attached hydrogen (secondary N) is 1. The summed E-state index contributed by atoms with van der Waals surface area (Å²) in [7, 11) is 1.79. The molecule has 3 aliphatic heterocycles. The van der Waals surface area contributed by atoms with Crippen molar-refractivity contribution in [2.45, 2.75) is 44.6 Å². The summed E-state index contributed by atoms with van der Waals surface area (Å²) >= 11 is 12.0. The van der Waals surface area contributed by atoms with Gasteiger partial charge in [-0.25, -0.2) is 9.59 Å². The fourth-order valence-electron chi connectivity index (χ4n) is 5.63. The monoisotopic (exact) mass is 512 g/mol. The molecule has 9 nitrogen and oxygen atoms in total. The highest BCUT2D eigenvalue weighted by Gasteiger charge is 2.77. The molecule has 3 atom stereocenters. The number of carbonyl (C=O) groups is 4. The molecule has 184 valence electrons. The predicted molar refractivity (Wildman–Crippen MR) is 124 cm³/mol. The van der Waals surface area contributed by atoms with Gasteiger partial charge in [-0.15, -0.1) is 0 Å². The van der Waals surface area contributed by atoms with Crippen LogP contribution in [0.25, 0.3) is 0 Å². The number of ketones is 1. The van der Waals surface area contributed by atoms with Gasteiger partial charge in [0.15, 0.2) is 12.1 Å². The zero-order valence-electron chi connectivity index (χ0n) is 19.2. The van der Waals surface area contributed by atoms with Crippen LogP contribution in [-0.2, 0) is 28.4 Å². The lowest BCUT2D eigenvalue weighted by molar-refractivity contribution is -0.854. The van der Waals surface area contributed by atoms with Crippen molar-refractivity contribution in [3.63, 3.8) is 0 Å². The molecule has 12 heteroatoms. The predicted octanol–water partition coefficient (Wildman–Crippen LogP) is 2.37. The van der Waals surface area contributed by atoms with Crippen molar-refractivity contribution in [1.82, 2.24) is 5.32 Å². The summed E-state index contributed by atoms with van der Waals surface area (Å²) in [6, 6.07) is 3.13. The lowest BCUT2D eigenvalue weighted by Crippen LogP contribution is -2.72. The van der Waals surface area contributed by atoms with E-state index in [1.54, 1.807) is 13.1 Å². The maximum Gasteiger partial charge on any atom is 0.587 e. The number of halogens is 2. The Labute approximate surface area is 207 Å². The van der Waals surface area contributed by atoms with Crippen molar-refractivity contribution in [1.29, 1.82) is 0 Å². The van der Waals surface area contributed by atoms with Crippen LogP contribution in [0.2, 0.25) is 15.9 Å². The number of nitrogens with zero attached hydrogens (tertiary/aromatic N) is 1. The van der Waals surface area contributed by atoms with Gasteiger partial charge < -0.3 is 23.8 Å². The quantitative estimate of drug-likeness (QED) is 0.532. The van der Waals surface area contributed by atoms with E-state index in [1.165, 1.54) is 12.1 Å². The first-order valence-corrected chi connectivity index (χ1v) is 12.0. The SMILES string of the molecule is CC(C)C[C@H](CC(=O)CNC(=O)c1cc(Cl)ccc1Cl)[B-]12OC(=O)[C@@H]3COC[C@@H](C(=O)O1)[N+]32C. The Kier molecular flexibility index (Phi) is 6.72. The third-order valence-electron chi connectivity index (χ3n) is 7.26. The van der Waals surface area contributed by atoms with Crippen molar-refractivity contribution < 1.29 is 37.6 Å². The zero-order valence-corrected chi connectivity index (χ0v) is 20.7. The number of rotatable bonds is 8. The number of Topliss-reactive ketones (excluding diaryl/α,β-unsaturated/α-hetero) is 1. The van der Waals surface area contributed by atoms with Crippen molar-refractivity contribution in [2.24, 2.45) is 5.92 Å². The molecular weight excluding hydrogens is 486 g/mol. The summed E-state index contributed by atoms with van der Waals surface area (Å²) in [6.45, 7) is 1.48. The normalized spacial score (nSPS) is 30.5. The lowest BCUT2D eigenvalue weighted by atomic mass is 9.51. The van der Waals surface area contributed by atoms with Gasteiger partial charge in [0.1, 0.15) is 19.0 Å². The summed E-state index contributed by atoms with van der Waals surface area (Å²) < 4.78 is 17.2. The Morgan fingerprint density at radius 1 is 1.15 bits per heavy atom. The molecule has 0 saturated carbocycles. The van der Waals surface area contributed by atoms with Gasteiger partial charge in [0, 0.05) is 12.1 Å². The number of quaternary nitrogens is 1. The van der Waals surface area contributed by atoms with Crippen molar-refractivity contribution >= 4 is 53.5 Å². The van der Waals surface area contributed by atoms with Gasteiger partial charge in [0.2, 0.25) is 0 Å². The molecule has 0 bridgehead atoms. The smallest absolute Gasteiger partial charge is 0.587 e. The number of hydrogen-bond donors (Lipinski definition) is 1. The highest BCUT2D eigenvalue weighted by atomic mass is 35.5. The third kappa shape index (κ3) is 4.00. The highest BCUT2D eigenvalue weighted by Crippen LogP contribution is 2.52. The Hall–Kier alpha value is -2.14. The van der Waals surface area contributed by atoms with Crippen molar-refractivity contribution in [2.75, 3.05) is 26.8 Å². The molecule has 3 aliphatic rings. The second-order valence-corrected chi connectivity index (χ2v) is 10.7. The standard InChI is InChI=1S/C22H27BCl2N2O7/c1-12(2)6-13(7-15(28)9-26-20(29)16-8-14(24)4-5-17(16)25)23-27(3)18(21(30)33-23)10-32-11-19(27)22(31)34-23/h4-5,8,12-13,18-19H,6-7,9-11H2,1-3H3,(H,26,29)/t13-,18+,19+,23?,27?/m1/s1. The van der Waals surface area contributed by atoms with E-state index in [-0.39, 0.29) is 52.9 Å². The van der Waals surface area contributed by atoms with Gasteiger partial charge in [-0.1, -0.05) is 43.5 Å². The molecule has 1 N–H and O–H groups in total. The summed E-state index contributed by atoms with van der Waals surface area (Å²) in [5.41, 5.74) is 0.162. The van der Waals surface area contributed by atoms with Crippen LogP contribution in [0.1, 0.15) is 37.0 Å². The number of carbonyl (C=O) groups excluding carboxylic acids is 4. The number of morpholine rings is 1. The summed E-state index contributed by atoms with van der Waals surface area (Å²) in [5, 5.41) is 3.13. The Morgan fingerprint density at radius 2 is 1.76 bits per heavy atom. The average molecular weight is 513 g/mol. The van der Waals surface area contributed by atoms with Crippen LogP contribution in [0.3, 0.4) is 0 Å². The zero-order chi connectivity index (χ0) is 24.8. The lowest BCUT2D eigenvalue weighted by Gasteiger charge is -2.51. The minimum Gasteiger partial charge on any atom is -0.600 e. The molecule has 3 heterocycles. The summed E-state index contributed by atoms with van der Waals surface area (Å²) in [6.07, 6.45) is 0.463. The van der Waals surface area contributed by atoms with Gasteiger partial charge in [-0.05, 0) is 36.4 Å². The Balaban J connectivity index is 1.54. The fourth-order valence-corrected chi connectivity index (χ4v) is 6.00. The van der Waals surface area contributed by atoms with Crippen LogP contribution >= 0.6 is 23.2 Å². The van der Waals surface area contributed by atoms with E-state index in [0.717, 1.165) is 0 Å². The van der Waals surface area contributed by atoms with E-state index in [0.29, 0.717) is 11.4 Å². The number of likely N-dealkylation sites (N-methyl/N-ethyl adjacent to an activating group) is 1. The van der Waals surface area contributed by atoms with Gasteiger partial charge >= 0.3 is 18.6 Å².